The number of hydrogen-bond donors (Lipinski definition) is 3. The summed E-state index contributed by atoms with van der Waals surface area (Å²) in [7, 11) is 0. The molecule has 0 heterocycles. The summed E-state index contributed by atoms with van der Waals surface area (Å²) in [5, 5.41) is 11.7. The summed E-state index contributed by atoms with van der Waals surface area (Å²) < 4.78 is 0. The molecule has 3 atom stereocenters. The molecule has 0 radical (unpaired) electrons. The van der Waals surface area contributed by atoms with Crippen LogP contribution in [0.15, 0.2) is 0 Å². The van der Waals surface area contributed by atoms with E-state index in [4.69, 9.17) is 5.73 Å². The average Bonchev–Trinajstić information content (AvgIpc) is 2.11. The van der Waals surface area contributed by atoms with E-state index in [9.17, 15) is 14.7 Å². The fourth-order valence-electron chi connectivity index (χ4n) is 1.02. The lowest BCUT2D eigenvalue weighted by Crippen LogP contribution is -2.52. The first-order valence-corrected chi connectivity index (χ1v) is 5.05. The molecule has 0 aromatic carbocycles. The number of carbonyl (C=O) groups excluding carboxylic acids is 2. The number of primary amides is 1. The predicted molar refractivity (Wildman–Crippen MR) is 56.8 cm³/mol. The zero-order valence-electron chi connectivity index (χ0n) is 9.65. The number of nitrogens with two attached hydrogens (primary N) is 1. The second-order valence-electron chi connectivity index (χ2n) is 4.16. The summed E-state index contributed by atoms with van der Waals surface area (Å²) in [5.41, 5.74) is 5.05. The molecule has 2 amide bonds. The molecule has 5 nitrogen and oxygen atoms in total. The summed E-state index contributed by atoms with van der Waals surface area (Å²) in [6, 6.07) is -1.02. The van der Waals surface area contributed by atoms with Crippen LogP contribution in [0.2, 0.25) is 0 Å². The Labute approximate surface area is 90.0 Å². The standard InChI is InChI=1S/C10H20N2O3/c1-5(2)6(3)10(15)12-8(7(4)13)9(11)14/h5-8,13H,1-4H3,(H2,11,14)(H,12,15). The lowest BCUT2D eigenvalue weighted by Gasteiger charge is -2.22. The molecule has 0 spiro atoms. The van der Waals surface area contributed by atoms with Gasteiger partial charge in [0.25, 0.3) is 0 Å². The van der Waals surface area contributed by atoms with Gasteiger partial charge in [0.15, 0.2) is 0 Å². The Kier molecular flexibility index (Phi) is 5.28. The number of aliphatic hydroxyl groups excluding tert-OH is 1. The number of amides is 2. The second-order valence-corrected chi connectivity index (χ2v) is 4.16. The van der Waals surface area contributed by atoms with Crippen LogP contribution in [-0.4, -0.2) is 29.1 Å². The average molecular weight is 216 g/mol. The van der Waals surface area contributed by atoms with Gasteiger partial charge in [-0.15, -0.1) is 0 Å². The SMILES string of the molecule is CC(C)C(C)C(=O)NC(C(N)=O)C(C)O. The van der Waals surface area contributed by atoms with Crippen LogP contribution in [0.25, 0.3) is 0 Å². The molecule has 0 saturated carbocycles. The van der Waals surface area contributed by atoms with Crippen molar-refractivity contribution < 1.29 is 14.7 Å². The van der Waals surface area contributed by atoms with Crippen molar-refractivity contribution in [2.45, 2.75) is 39.8 Å². The van der Waals surface area contributed by atoms with Crippen LogP contribution in [-0.2, 0) is 9.59 Å². The van der Waals surface area contributed by atoms with Crippen LogP contribution >= 0.6 is 0 Å². The molecule has 5 heteroatoms. The molecule has 0 aromatic heterocycles. The Morgan fingerprint density at radius 1 is 1.20 bits per heavy atom. The molecule has 0 aliphatic rings. The van der Waals surface area contributed by atoms with Gasteiger partial charge in [-0.1, -0.05) is 20.8 Å². The fraction of sp³-hybridized carbons (Fsp3) is 0.800. The van der Waals surface area contributed by atoms with Crippen molar-refractivity contribution in [2.75, 3.05) is 0 Å². The van der Waals surface area contributed by atoms with Gasteiger partial charge in [0.1, 0.15) is 6.04 Å². The van der Waals surface area contributed by atoms with Gasteiger partial charge in [0.2, 0.25) is 11.8 Å². The molecule has 15 heavy (non-hydrogen) atoms. The lowest BCUT2D eigenvalue weighted by molar-refractivity contribution is -0.132. The highest BCUT2D eigenvalue weighted by Gasteiger charge is 2.26. The summed E-state index contributed by atoms with van der Waals surface area (Å²) in [6.45, 7) is 6.99. The number of aliphatic hydroxyl groups is 1. The topological polar surface area (TPSA) is 92.4 Å². The quantitative estimate of drug-likeness (QED) is 0.585. The molecule has 0 saturated heterocycles. The zero-order valence-corrected chi connectivity index (χ0v) is 9.65. The van der Waals surface area contributed by atoms with Crippen LogP contribution in [0.4, 0.5) is 0 Å². The Morgan fingerprint density at radius 3 is 1.93 bits per heavy atom. The number of nitrogens with one attached hydrogen (secondary N) is 1. The third-order valence-corrected chi connectivity index (χ3v) is 2.50. The van der Waals surface area contributed by atoms with Crippen molar-refractivity contribution in [2.24, 2.45) is 17.6 Å². The van der Waals surface area contributed by atoms with Crippen molar-refractivity contribution in [3.63, 3.8) is 0 Å². The van der Waals surface area contributed by atoms with E-state index in [2.05, 4.69) is 5.32 Å². The van der Waals surface area contributed by atoms with Gasteiger partial charge in [0, 0.05) is 5.92 Å². The van der Waals surface area contributed by atoms with E-state index in [0.717, 1.165) is 0 Å². The first-order valence-electron chi connectivity index (χ1n) is 5.05. The molecule has 4 N–H and O–H groups in total. The van der Waals surface area contributed by atoms with Crippen LogP contribution < -0.4 is 11.1 Å². The maximum Gasteiger partial charge on any atom is 0.242 e. The Morgan fingerprint density at radius 2 is 1.67 bits per heavy atom. The molecule has 0 fully saturated rings. The van der Waals surface area contributed by atoms with E-state index in [0.29, 0.717) is 0 Å². The van der Waals surface area contributed by atoms with Gasteiger partial charge >= 0.3 is 0 Å². The van der Waals surface area contributed by atoms with Crippen molar-refractivity contribution >= 4 is 11.8 Å². The number of carbonyl (C=O) groups is 2. The van der Waals surface area contributed by atoms with Crippen LogP contribution in [0.3, 0.4) is 0 Å². The second kappa shape index (κ2) is 5.70. The molecule has 0 aromatic rings. The van der Waals surface area contributed by atoms with E-state index >= 15 is 0 Å². The minimum atomic E-state index is -1.02. The van der Waals surface area contributed by atoms with E-state index in [-0.39, 0.29) is 17.7 Å². The maximum absolute atomic E-state index is 11.6. The van der Waals surface area contributed by atoms with Crippen LogP contribution in [0, 0.1) is 11.8 Å². The van der Waals surface area contributed by atoms with Gasteiger partial charge in [-0.05, 0) is 12.8 Å². The van der Waals surface area contributed by atoms with Crippen molar-refractivity contribution in [3.05, 3.63) is 0 Å². The maximum atomic E-state index is 11.6. The Balaban J connectivity index is 4.43. The number of hydrogen-bond acceptors (Lipinski definition) is 3. The van der Waals surface area contributed by atoms with Gasteiger partial charge < -0.3 is 16.2 Å². The van der Waals surface area contributed by atoms with Gasteiger partial charge in [-0.25, -0.2) is 0 Å². The molecule has 0 aliphatic heterocycles. The molecule has 0 rings (SSSR count). The van der Waals surface area contributed by atoms with E-state index in [1.165, 1.54) is 6.92 Å². The van der Waals surface area contributed by atoms with Gasteiger partial charge in [0.05, 0.1) is 6.10 Å². The Bertz CT molecular complexity index is 239. The van der Waals surface area contributed by atoms with E-state index in [1.807, 2.05) is 13.8 Å². The van der Waals surface area contributed by atoms with Crippen molar-refractivity contribution in [3.8, 4) is 0 Å². The zero-order chi connectivity index (χ0) is 12.2. The van der Waals surface area contributed by atoms with Gasteiger partial charge in [-0.2, -0.15) is 0 Å². The molecule has 0 aliphatic carbocycles. The Hall–Kier alpha value is -1.10. The summed E-state index contributed by atoms with van der Waals surface area (Å²) >= 11 is 0. The van der Waals surface area contributed by atoms with E-state index in [1.54, 1.807) is 6.92 Å². The monoisotopic (exact) mass is 216 g/mol. The highest BCUT2D eigenvalue weighted by atomic mass is 16.3. The first-order chi connectivity index (χ1) is 6.77. The van der Waals surface area contributed by atoms with Crippen LogP contribution in [0.1, 0.15) is 27.7 Å². The predicted octanol–water partition coefficient (Wildman–Crippen LogP) is -0.371. The summed E-state index contributed by atoms with van der Waals surface area (Å²) in [6.07, 6.45) is -0.981. The van der Waals surface area contributed by atoms with E-state index < -0.39 is 18.1 Å². The normalized spacial score (nSPS) is 16.9. The molecular weight excluding hydrogens is 196 g/mol. The molecule has 88 valence electrons. The summed E-state index contributed by atoms with van der Waals surface area (Å²) in [5.74, 6) is -1.04. The first kappa shape index (κ1) is 13.9. The van der Waals surface area contributed by atoms with Crippen LogP contribution in [0.5, 0.6) is 0 Å². The van der Waals surface area contributed by atoms with Crippen molar-refractivity contribution in [1.29, 1.82) is 0 Å². The minimum Gasteiger partial charge on any atom is -0.391 e. The molecular formula is C10H20N2O3. The highest BCUT2D eigenvalue weighted by Crippen LogP contribution is 2.09. The molecule has 3 unspecified atom stereocenters. The number of rotatable bonds is 5. The fourth-order valence-corrected chi connectivity index (χ4v) is 1.02. The summed E-state index contributed by atoms with van der Waals surface area (Å²) in [4.78, 5) is 22.5. The minimum absolute atomic E-state index is 0.174. The highest BCUT2D eigenvalue weighted by molar-refractivity contribution is 5.87. The van der Waals surface area contributed by atoms with Gasteiger partial charge in [-0.3, -0.25) is 9.59 Å². The molecule has 0 bridgehead atoms. The lowest BCUT2D eigenvalue weighted by atomic mass is 9.96. The van der Waals surface area contributed by atoms with Crippen molar-refractivity contribution in [1.82, 2.24) is 5.32 Å². The largest absolute Gasteiger partial charge is 0.391 e. The third-order valence-electron chi connectivity index (χ3n) is 2.50. The smallest absolute Gasteiger partial charge is 0.242 e. The third kappa shape index (κ3) is 4.29.